The number of carbonyl (C=O) groups is 1. The van der Waals surface area contributed by atoms with Gasteiger partial charge in [0.05, 0.1) is 0 Å². The van der Waals surface area contributed by atoms with Gasteiger partial charge in [0.2, 0.25) is 0 Å². The highest BCUT2D eigenvalue weighted by Gasteiger charge is 2.22. The summed E-state index contributed by atoms with van der Waals surface area (Å²) in [6.45, 7) is 2.37. The van der Waals surface area contributed by atoms with Crippen LogP contribution in [-0.4, -0.2) is 29.8 Å². The van der Waals surface area contributed by atoms with E-state index in [-0.39, 0.29) is 24.7 Å². The second-order valence-electron chi connectivity index (χ2n) is 6.31. The molecule has 1 unspecified atom stereocenters. The average Bonchev–Trinajstić information content (AvgIpc) is 2.56. The molecular formula is C18H28N2O2. The lowest BCUT2D eigenvalue weighted by Gasteiger charge is -2.28. The van der Waals surface area contributed by atoms with Crippen molar-refractivity contribution in [2.24, 2.45) is 5.92 Å². The highest BCUT2D eigenvalue weighted by Crippen LogP contribution is 2.23. The van der Waals surface area contributed by atoms with Gasteiger partial charge in [-0.05, 0) is 50.0 Å². The summed E-state index contributed by atoms with van der Waals surface area (Å²) in [5.74, 6) is 0.419. The van der Waals surface area contributed by atoms with Crippen LogP contribution in [-0.2, 0) is 6.42 Å². The maximum atomic E-state index is 12.2. The number of aliphatic hydroxyl groups excluding tert-OH is 1. The minimum atomic E-state index is -0.0600. The Morgan fingerprint density at radius 1 is 1.23 bits per heavy atom. The fourth-order valence-electron chi connectivity index (χ4n) is 3.10. The van der Waals surface area contributed by atoms with Gasteiger partial charge >= 0.3 is 6.03 Å². The second kappa shape index (κ2) is 8.79. The molecule has 1 atom stereocenters. The summed E-state index contributed by atoms with van der Waals surface area (Å²) in [6, 6.07) is 10.6. The summed E-state index contributed by atoms with van der Waals surface area (Å²) >= 11 is 0. The Labute approximate surface area is 133 Å². The molecule has 2 rings (SSSR count). The van der Waals surface area contributed by atoms with Gasteiger partial charge in [0.25, 0.3) is 0 Å². The fourth-order valence-corrected chi connectivity index (χ4v) is 3.10. The van der Waals surface area contributed by atoms with E-state index < -0.39 is 0 Å². The summed E-state index contributed by atoms with van der Waals surface area (Å²) in [6.07, 6.45) is 5.72. The number of hydrogen-bond acceptors (Lipinski definition) is 2. The molecule has 1 saturated carbocycles. The number of urea groups is 1. The smallest absolute Gasteiger partial charge is 0.315 e. The molecule has 0 aromatic heterocycles. The van der Waals surface area contributed by atoms with Crippen LogP contribution < -0.4 is 10.6 Å². The first kappa shape index (κ1) is 16.8. The Hall–Kier alpha value is -1.55. The molecule has 0 saturated heterocycles. The third-order valence-corrected chi connectivity index (χ3v) is 4.59. The maximum absolute atomic E-state index is 12.2. The van der Waals surface area contributed by atoms with Crippen LogP contribution in [0.2, 0.25) is 0 Å². The van der Waals surface area contributed by atoms with Crippen molar-refractivity contribution in [3.05, 3.63) is 35.9 Å². The van der Waals surface area contributed by atoms with E-state index in [1.165, 1.54) is 5.56 Å². The molecule has 0 spiro atoms. The number of benzene rings is 1. The summed E-state index contributed by atoms with van der Waals surface area (Å²) in [4.78, 5) is 12.2. The third kappa shape index (κ3) is 5.34. The van der Waals surface area contributed by atoms with Gasteiger partial charge in [0, 0.05) is 18.7 Å². The van der Waals surface area contributed by atoms with E-state index in [1.54, 1.807) is 0 Å². The lowest BCUT2D eigenvalue weighted by Crippen LogP contribution is -2.47. The highest BCUT2D eigenvalue weighted by molar-refractivity contribution is 5.74. The Bertz CT molecular complexity index is 442. The van der Waals surface area contributed by atoms with Crippen LogP contribution in [0.25, 0.3) is 0 Å². The second-order valence-corrected chi connectivity index (χ2v) is 6.31. The highest BCUT2D eigenvalue weighted by atomic mass is 16.3. The van der Waals surface area contributed by atoms with Crippen molar-refractivity contribution >= 4 is 6.03 Å². The lowest BCUT2D eigenvalue weighted by molar-refractivity contribution is 0.174. The first-order valence-corrected chi connectivity index (χ1v) is 8.43. The maximum Gasteiger partial charge on any atom is 0.315 e. The number of hydrogen-bond donors (Lipinski definition) is 3. The van der Waals surface area contributed by atoms with Crippen molar-refractivity contribution in [3.8, 4) is 0 Å². The van der Waals surface area contributed by atoms with Crippen LogP contribution in [0.5, 0.6) is 0 Å². The molecule has 4 nitrogen and oxygen atoms in total. The Morgan fingerprint density at radius 2 is 1.91 bits per heavy atom. The quantitative estimate of drug-likeness (QED) is 0.757. The molecule has 0 aliphatic heterocycles. The van der Waals surface area contributed by atoms with Gasteiger partial charge in [0.1, 0.15) is 0 Å². The monoisotopic (exact) mass is 304 g/mol. The molecule has 4 heteroatoms. The van der Waals surface area contributed by atoms with Crippen molar-refractivity contribution in [3.63, 3.8) is 0 Å². The van der Waals surface area contributed by atoms with Gasteiger partial charge in [-0.15, -0.1) is 0 Å². The van der Waals surface area contributed by atoms with Gasteiger partial charge in [-0.2, -0.15) is 0 Å². The zero-order valence-electron chi connectivity index (χ0n) is 13.4. The van der Waals surface area contributed by atoms with Gasteiger partial charge in [-0.3, -0.25) is 0 Å². The molecule has 1 aromatic carbocycles. The first-order chi connectivity index (χ1) is 10.7. The molecule has 1 aliphatic rings. The van der Waals surface area contributed by atoms with E-state index >= 15 is 0 Å². The Morgan fingerprint density at radius 3 is 2.50 bits per heavy atom. The molecule has 3 N–H and O–H groups in total. The van der Waals surface area contributed by atoms with E-state index in [0.29, 0.717) is 5.92 Å². The van der Waals surface area contributed by atoms with Crippen molar-refractivity contribution in [1.29, 1.82) is 0 Å². The largest absolute Gasteiger partial charge is 0.396 e. The van der Waals surface area contributed by atoms with Gasteiger partial charge in [-0.1, -0.05) is 37.3 Å². The molecule has 122 valence electrons. The van der Waals surface area contributed by atoms with E-state index in [1.807, 2.05) is 18.2 Å². The predicted octanol–water partition coefficient (Wildman–Crippen LogP) is 2.86. The van der Waals surface area contributed by atoms with Crippen LogP contribution >= 0.6 is 0 Å². The van der Waals surface area contributed by atoms with Crippen LogP contribution in [0, 0.1) is 5.92 Å². The van der Waals surface area contributed by atoms with Crippen LogP contribution in [0.3, 0.4) is 0 Å². The fraction of sp³-hybridized carbons (Fsp3) is 0.611. The number of carbonyl (C=O) groups excluding carboxylic acids is 1. The normalized spacial score (nSPS) is 22.8. The van der Waals surface area contributed by atoms with Crippen LogP contribution in [0.1, 0.15) is 44.6 Å². The van der Waals surface area contributed by atoms with Gasteiger partial charge < -0.3 is 15.7 Å². The summed E-state index contributed by atoms with van der Waals surface area (Å²) in [5, 5.41) is 15.3. The molecule has 1 aliphatic carbocycles. The third-order valence-electron chi connectivity index (χ3n) is 4.59. The SMILES string of the molecule is CCC(Cc1ccccc1)NC(=O)NC1CCC(CO)CC1. The minimum Gasteiger partial charge on any atom is -0.396 e. The van der Waals surface area contributed by atoms with E-state index in [4.69, 9.17) is 5.11 Å². The average molecular weight is 304 g/mol. The van der Waals surface area contributed by atoms with E-state index in [9.17, 15) is 4.79 Å². The zero-order chi connectivity index (χ0) is 15.8. The molecular weight excluding hydrogens is 276 g/mol. The molecule has 1 fully saturated rings. The zero-order valence-corrected chi connectivity index (χ0v) is 13.4. The number of amides is 2. The molecule has 22 heavy (non-hydrogen) atoms. The molecule has 0 heterocycles. The molecule has 0 radical (unpaired) electrons. The Balaban J connectivity index is 1.75. The van der Waals surface area contributed by atoms with Crippen molar-refractivity contribution in [1.82, 2.24) is 10.6 Å². The standard InChI is InChI=1S/C18H28N2O2/c1-2-16(12-14-6-4-3-5-7-14)19-18(22)20-17-10-8-15(13-21)9-11-17/h3-7,15-17,21H,2,8-13H2,1H3,(H2,19,20,22). The Kier molecular flexibility index (Phi) is 6.72. The summed E-state index contributed by atoms with van der Waals surface area (Å²) < 4.78 is 0. The predicted molar refractivity (Wildman–Crippen MR) is 88.7 cm³/mol. The number of rotatable bonds is 6. The van der Waals surface area contributed by atoms with Crippen molar-refractivity contribution < 1.29 is 9.90 Å². The van der Waals surface area contributed by atoms with E-state index in [0.717, 1.165) is 38.5 Å². The molecule has 0 bridgehead atoms. The van der Waals surface area contributed by atoms with Crippen molar-refractivity contribution in [2.75, 3.05) is 6.61 Å². The first-order valence-electron chi connectivity index (χ1n) is 8.43. The van der Waals surface area contributed by atoms with Crippen LogP contribution in [0.4, 0.5) is 4.79 Å². The van der Waals surface area contributed by atoms with Crippen molar-refractivity contribution in [2.45, 2.75) is 57.5 Å². The van der Waals surface area contributed by atoms with E-state index in [2.05, 4.69) is 29.7 Å². The number of nitrogens with one attached hydrogen (secondary N) is 2. The summed E-state index contributed by atoms with van der Waals surface area (Å²) in [5.41, 5.74) is 1.25. The lowest BCUT2D eigenvalue weighted by atomic mass is 9.87. The topological polar surface area (TPSA) is 61.4 Å². The van der Waals surface area contributed by atoms with Gasteiger partial charge in [-0.25, -0.2) is 4.79 Å². The molecule has 2 amide bonds. The summed E-state index contributed by atoms with van der Waals surface area (Å²) in [7, 11) is 0. The molecule has 1 aromatic rings. The van der Waals surface area contributed by atoms with Crippen LogP contribution in [0.15, 0.2) is 30.3 Å². The minimum absolute atomic E-state index is 0.0600. The van der Waals surface area contributed by atoms with Gasteiger partial charge in [0.15, 0.2) is 0 Å². The number of aliphatic hydroxyl groups is 1.